The van der Waals surface area contributed by atoms with E-state index in [-0.39, 0.29) is 11.8 Å². The smallest absolute Gasteiger partial charge is 0.288 e. The minimum absolute atomic E-state index is 0.0812. The normalized spacial score (nSPS) is 10.6. The van der Waals surface area contributed by atoms with Crippen LogP contribution in [0.15, 0.2) is 30.3 Å². The van der Waals surface area contributed by atoms with Gasteiger partial charge in [0.15, 0.2) is 5.82 Å². The van der Waals surface area contributed by atoms with Crippen LogP contribution in [0.4, 0.5) is 5.95 Å². The molecule has 1 aromatic carbocycles. The molecule has 0 unspecified atom stereocenters. The number of halogens is 1. The van der Waals surface area contributed by atoms with E-state index in [1.807, 2.05) is 19.9 Å². The van der Waals surface area contributed by atoms with Crippen LogP contribution in [0, 0.1) is 13.8 Å². The number of nitrogens with zero attached hydrogens (tertiary/aromatic N) is 4. The highest BCUT2D eigenvalue weighted by atomic mass is 35.5. The van der Waals surface area contributed by atoms with Gasteiger partial charge in [-0.25, -0.2) is 15.0 Å². The van der Waals surface area contributed by atoms with Crippen molar-refractivity contribution in [3.8, 4) is 11.4 Å². The standard InChI is InChI=1S/C15H13ClN6O/c1-8-7-9(2)18-15(17-8)20-14(23)13-19-12(21-22-13)10-3-5-11(16)6-4-10/h3-7H,1-2H3,(H,19,21,22)(H,17,18,20,23). The summed E-state index contributed by atoms with van der Waals surface area (Å²) in [4.78, 5) is 24.7. The summed E-state index contributed by atoms with van der Waals surface area (Å²) in [5.74, 6) is 0.269. The predicted octanol–water partition coefficient (Wildman–Crippen LogP) is 2.78. The molecule has 0 fully saturated rings. The van der Waals surface area contributed by atoms with E-state index in [0.29, 0.717) is 10.8 Å². The summed E-state index contributed by atoms with van der Waals surface area (Å²) in [6.45, 7) is 3.66. The second kappa shape index (κ2) is 6.13. The van der Waals surface area contributed by atoms with Crippen molar-refractivity contribution in [2.45, 2.75) is 13.8 Å². The molecule has 0 radical (unpaired) electrons. The van der Waals surface area contributed by atoms with E-state index in [1.165, 1.54) is 0 Å². The predicted molar refractivity (Wildman–Crippen MR) is 86.3 cm³/mol. The van der Waals surface area contributed by atoms with Gasteiger partial charge >= 0.3 is 0 Å². The van der Waals surface area contributed by atoms with E-state index in [0.717, 1.165) is 17.0 Å². The summed E-state index contributed by atoms with van der Waals surface area (Å²) in [6.07, 6.45) is 0. The van der Waals surface area contributed by atoms with Crippen molar-refractivity contribution in [3.63, 3.8) is 0 Å². The van der Waals surface area contributed by atoms with Gasteiger partial charge in [0.05, 0.1) is 0 Å². The van der Waals surface area contributed by atoms with Crippen LogP contribution in [-0.4, -0.2) is 31.1 Å². The first-order valence-corrected chi connectivity index (χ1v) is 7.21. The fraction of sp³-hybridized carbons (Fsp3) is 0.133. The molecule has 2 N–H and O–H groups in total. The lowest BCUT2D eigenvalue weighted by molar-refractivity contribution is 0.101. The number of nitrogens with one attached hydrogen (secondary N) is 2. The number of hydrogen-bond donors (Lipinski definition) is 2. The largest absolute Gasteiger partial charge is 0.295 e. The van der Waals surface area contributed by atoms with Crippen LogP contribution in [0.25, 0.3) is 11.4 Å². The van der Waals surface area contributed by atoms with Crippen molar-refractivity contribution in [2.75, 3.05) is 5.32 Å². The van der Waals surface area contributed by atoms with Crippen LogP contribution in [-0.2, 0) is 0 Å². The highest BCUT2D eigenvalue weighted by Crippen LogP contribution is 2.18. The van der Waals surface area contributed by atoms with E-state index in [1.54, 1.807) is 24.3 Å². The minimum atomic E-state index is -0.456. The molecule has 0 saturated carbocycles. The third kappa shape index (κ3) is 3.51. The second-order valence-electron chi connectivity index (χ2n) is 4.94. The van der Waals surface area contributed by atoms with Gasteiger partial charge in [0.25, 0.3) is 5.91 Å². The Bertz CT molecular complexity index is 838. The second-order valence-corrected chi connectivity index (χ2v) is 5.38. The number of rotatable bonds is 3. The van der Waals surface area contributed by atoms with E-state index in [4.69, 9.17) is 11.6 Å². The number of carbonyl (C=O) groups excluding carboxylic acids is 1. The van der Waals surface area contributed by atoms with Crippen molar-refractivity contribution in [1.82, 2.24) is 25.1 Å². The number of H-pyrrole nitrogens is 1. The average molecular weight is 329 g/mol. The lowest BCUT2D eigenvalue weighted by atomic mass is 10.2. The molecule has 0 aliphatic rings. The van der Waals surface area contributed by atoms with Gasteiger partial charge in [0.1, 0.15) is 0 Å². The van der Waals surface area contributed by atoms with E-state index in [2.05, 4.69) is 30.5 Å². The van der Waals surface area contributed by atoms with Crippen molar-refractivity contribution in [3.05, 3.63) is 52.6 Å². The molecule has 0 aliphatic heterocycles. The number of aromatic nitrogens is 5. The van der Waals surface area contributed by atoms with Crippen LogP contribution in [0.3, 0.4) is 0 Å². The number of carbonyl (C=O) groups is 1. The van der Waals surface area contributed by atoms with Crippen LogP contribution < -0.4 is 5.32 Å². The first-order valence-electron chi connectivity index (χ1n) is 6.83. The van der Waals surface area contributed by atoms with Gasteiger partial charge in [-0.2, -0.15) is 5.10 Å². The molecule has 3 aromatic rings. The molecule has 2 heterocycles. The van der Waals surface area contributed by atoms with Crippen molar-refractivity contribution >= 4 is 23.5 Å². The molecular formula is C15H13ClN6O. The summed E-state index contributed by atoms with van der Waals surface area (Å²) < 4.78 is 0. The molecule has 23 heavy (non-hydrogen) atoms. The van der Waals surface area contributed by atoms with Gasteiger partial charge in [0, 0.05) is 22.0 Å². The number of aromatic amines is 1. The number of benzene rings is 1. The monoisotopic (exact) mass is 328 g/mol. The quantitative estimate of drug-likeness (QED) is 0.770. The summed E-state index contributed by atoms with van der Waals surface area (Å²) in [7, 11) is 0. The first kappa shape index (κ1) is 15.1. The molecule has 1 amide bonds. The third-order valence-corrected chi connectivity index (χ3v) is 3.26. The Labute approximate surface area is 137 Å². The Morgan fingerprint density at radius 2 is 1.74 bits per heavy atom. The average Bonchev–Trinajstić information content (AvgIpc) is 2.97. The summed E-state index contributed by atoms with van der Waals surface area (Å²) in [5.41, 5.74) is 2.30. The number of amides is 1. The van der Waals surface area contributed by atoms with Gasteiger partial charge in [-0.05, 0) is 44.2 Å². The Morgan fingerprint density at radius 1 is 1.09 bits per heavy atom. The van der Waals surface area contributed by atoms with E-state index < -0.39 is 5.91 Å². The van der Waals surface area contributed by atoms with Crippen LogP contribution in [0.5, 0.6) is 0 Å². The fourth-order valence-corrected chi connectivity index (χ4v) is 2.16. The van der Waals surface area contributed by atoms with Gasteiger partial charge in [-0.1, -0.05) is 11.6 Å². The van der Waals surface area contributed by atoms with Crippen LogP contribution in [0.1, 0.15) is 22.0 Å². The molecule has 7 nitrogen and oxygen atoms in total. The summed E-state index contributed by atoms with van der Waals surface area (Å²) in [6, 6.07) is 8.84. The Balaban J connectivity index is 1.79. The van der Waals surface area contributed by atoms with Gasteiger partial charge < -0.3 is 0 Å². The number of aryl methyl sites for hydroxylation is 2. The third-order valence-electron chi connectivity index (χ3n) is 3.01. The van der Waals surface area contributed by atoms with E-state index >= 15 is 0 Å². The highest BCUT2D eigenvalue weighted by molar-refractivity contribution is 6.30. The maximum Gasteiger partial charge on any atom is 0.295 e. The number of hydrogen-bond acceptors (Lipinski definition) is 5. The van der Waals surface area contributed by atoms with Crippen molar-refractivity contribution in [1.29, 1.82) is 0 Å². The highest BCUT2D eigenvalue weighted by Gasteiger charge is 2.14. The Hall–Kier alpha value is -2.80. The fourth-order valence-electron chi connectivity index (χ4n) is 2.03. The summed E-state index contributed by atoms with van der Waals surface area (Å²) in [5, 5.41) is 9.86. The zero-order valence-electron chi connectivity index (χ0n) is 12.5. The van der Waals surface area contributed by atoms with E-state index in [9.17, 15) is 4.79 Å². The Kier molecular flexibility index (Phi) is 4.03. The maximum atomic E-state index is 12.2. The number of anilines is 1. The topological polar surface area (TPSA) is 96.5 Å². The molecule has 0 saturated heterocycles. The van der Waals surface area contributed by atoms with Gasteiger partial charge in [-0.15, -0.1) is 0 Å². The zero-order chi connectivity index (χ0) is 16.4. The lowest BCUT2D eigenvalue weighted by Gasteiger charge is -2.03. The lowest BCUT2D eigenvalue weighted by Crippen LogP contribution is -2.16. The summed E-state index contributed by atoms with van der Waals surface area (Å²) >= 11 is 5.84. The molecule has 0 bridgehead atoms. The molecular weight excluding hydrogens is 316 g/mol. The van der Waals surface area contributed by atoms with Crippen molar-refractivity contribution < 1.29 is 4.79 Å². The molecule has 3 rings (SSSR count). The molecule has 8 heteroatoms. The molecule has 116 valence electrons. The molecule has 2 aromatic heterocycles. The van der Waals surface area contributed by atoms with Crippen LogP contribution >= 0.6 is 11.6 Å². The molecule has 0 aliphatic carbocycles. The zero-order valence-corrected chi connectivity index (χ0v) is 13.2. The molecule has 0 spiro atoms. The first-order chi connectivity index (χ1) is 11.0. The van der Waals surface area contributed by atoms with Crippen LogP contribution in [0.2, 0.25) is 5.02 Å². The van der Waals surface area contributed by atoms with Gasteiger partial charge in [0.2, 0.25) is 11.8 Å². The SMILES string of the molecule is Cc1cc(C)nc(NC(=O)c2nc(-c3ccc(Cl)cc3)n[nH]2)n1. The molecule has 0 atom stereocenters. The minimum Gasteiger partial charge on any atom is -0.288 e. The van der Waals surface area contributed by atoms with Crippen molar-refractivity contribution in [2.24, 2.45) is 0 Å². The maximum absolute atomic E-state index is 12.2. The Morgan fingerprint density at radius 3 is 2.39 bits per heavy atom. The van der Waals surface area contributed by atoms with Gasteiger partial charge in [-0.3, -0.25) is 15.2 Å².